The number of amides is 1. The number of benzene rings is 2. The Morgan fingerprint density at radius 1 is 1.12 bits per heavy atom. The number of fused-ring (bicyclic) bond motifs is 1. The van der Waals surface area contributed by atoms with E-state index in [0.29, 0.717) is 28.4 Å². The summed E-state index contributed by atoms with van der Waals surface area (Å²) in [4.78, 5) is 26.9. The lowest BCUT2D eigenvalue weighted by Gasteiger charge is -2.28. The van der Waals surface area contributed by atoms with E-state index in [1.54, 1.807) is 35.9 Å². The first kappa shape index (κ1) is 22.8. The lowest BCUT2D eigenvalue weighted by molar-refractivity contribution is -0.138. The average Bonchev–Trinajstić information content (AvgIpc) is 3.18. The Morgan fingerprint density at radius 2 is 1.82 bits per heavy atom. The SMILES string of the molecule is CCOC(=O)c1nn(-c2ccc(Cl)cc2)c2c1CN(C(=O)c1ccccc1C(F)(F)F)CC2. The van der Waals surface area contributed by atoms with E-state index in [4.69, 9.17) is 16.3 Å². The highest BCUT2D eigenvalue weighted by atomic mass is 35.5. The lowest BCUT2D eigenvalue weighted by Crippen LogP contribution is -2.37. The lowest BCUT2D eigenvalue weighted by atomic mass is 10.0. The number of hydrogen-bond acceptors (Lipinski definition) is 4. The number of halogens is 4. The molecule has 0 atom stereocenters. The first-order chi connectivity index (χ1) is 15.7. The minimum Gasteiger partial charge on any atom is -0.461 e. The zero-order valence-corrected chi connectivity index (χ0v) is 18.3. The molecule has 10 heteroatoms. The van der Waals surface area contributed by atoms with Crippen molar-refractivity contribution in [1.29, 1.82) is 0 Å². The molecule has 3 aromatic rings. The summed E-state index contributed by atoms with van der Waals surface area (Å²) in [5.74, 6) is -1.42. The molecule has 2 aromatic carbocycles. The van der Waals surface area contributed by atoms with Gasteiger partial charge in [-0.2, -0.15) is 18.3 Å². The Bertz CT molecular complexity index is 1210. The van der Waals surface area contributed by atoms with Gasteiger partial charge in [0.1, 0.15) is 0 Å². The van der Waals surface area contributed by atoms with Crippen molar-refractivity contribution in [3.63, 3.8) is 0 Å². The number of alkyl halides is 3. The molecule has 0 N–H and O–H groups in total. The first-order valence-corrected chi connectivity index (χ1v) is 10.6. The molecule has 33 heavy (non-hydrogen) atoms. The maximum absolute atomic E-state index is 13.4. The smallest absolute Gasteiger partial charge is 0.417 e. The fourth-order valence-electron chi connectivity index (χ4n) is 3.84. The fourth-order valence-corrected chi connectivity index (χ4v) is 3.96. The molecule has 0 aliphatic carbocycles. The Hall–Kier alpha value is -3.33. The molecular formula is C23H19ClF3N3O3. The molecule has 1 aliphatic rings. The van der Waals surface area contributed by atoms with Crippen molar-refractivity contribution in [1.82, 2.24) is 14.7 Å². The van der Waals surface area contributed by atoms with Crippen molar-refractivity contribution in [2.24, 2.45) is 0 Å². The van der Waals surface area contributed by atoms with E-state index in [0.717, 1.165) is 12.1 Å². The number of carbonyl (C=O) groups excluding carboxylic acids is 2. The predicted molar refractivity (Wildman–Crippen MR) is 114 cm³/mol. The van der Waals surface area contributed by atoms with Crippen LogP contribution in [0.3, 0.4) is 0 Å². The van der Waals surface area contributed by atoms with Gasteiger partial charge < -0.3 is 9.64 Å². The van der Waals surface area contributed by atoms with E-state index in [-0.39, 0.29) is 25.4 Å². The van der Waals surface area contributed by atoms with Crippen molar-refractivity contribution in [3.05, 3.63) is 81.6 Å². The van der Waals surface area contributed by atoms with Crippen molar-refractivity contribution in [3.8, 4) is 5.69 Å². The number of aromatic nitrogens is 2. The number of ether oxygens (including phenoxy) is 1. The van der Waals surface area contributed by atoms with Gasteiger partial charge in [-0.25, -0.2) is 9.48 Å². The van der Waals surface area contributed by atoms with Crippen LogP contribution in [-0.4, -0.2) is 39.7 Å². The fraction of sp³-hybridized carbons (Fsp3) is 0.261. The maximum Gasteiger partial charge on any atom is 0.417 e. The highest BCUT2D eigenvalue weighted by molar-refractivity contribution is 6.30. The second-order valence-corrected chi connectivity index (χ2v) is 7.84. The van der Waals surface area contributed by atoms with Gasteiger partial charge in [0, 0.05) is 23.6 Å². The van der Waals surface area contributed by atoms with Gasteiger partial charge in [0.05, 0.1) is 35.7 Å². The topological polar surface area (TPSA) is 64.4 Å². The summed E-state index contributed by atoms with van der Waals surface area (Å²) in [7, 11) is 0. The van der Waals surface area contributed by atoms with Crippen LogP contribution in [0.25, 0.3) is 5.69 Å². The van der Waals surface area contributed by atoms with Crippen molar-refractivity contribution in [2.45, 2.75) is 26.1 Å². The molecule has 0 spiro atoms. The third-order valence-corrected chi connectivity index (χ3v) is 5.60. The van der Waals surface area contributed by atoms with E-state index in [2.05, 4.69) is 5.10 Å². The van der Waals surface area contributed by atoms with Crippen LogP contribution in [0.4, 0.5) is 13.2 Å². The summed E-state index contributed by atoms with van der Waals surface area (Å²) in [6.07, 6.45) is -4.37. The van der Waals surface area contributed by atoms with Crippen molar-refractivity contribution < 1.29 is 27.5 Å². The molecule has 0 saturated heterocycles. The molecule has 0 saturated carbocycles. The Balaban J connectivity index is 1.73. The predicted octanol–water partition coefficient (Wildman–Crippen LogP) is 4.92. The summed E-state index contributed by atoms with van der Waals surface area (Å²) >= 11 is 5.97. The monoisotopic (exact) mass is 477 g/mol. The molecule has 1 aromatic heterocycles. The third-order valence-electron chi connectivity index (χ3n) is 5.35. The summed E-state index contributed by atoms with van der Waals surface area (Å²) in [6, 6.07) is 11.5. The first-order valence-electron chi connectivity index (χ1n) is 10.2. The molecule has 4 rings (SSSR count). The molecule has 0 unspecified atom stereocenters. The van der Waals surface area contributed by atoms with Crippen molar-refractivity contribution in [2.75, 3.05) is 13.2 Å². The number of rotatable bonds is 4. The van der Waals surface area contributed by atoms with Gasteiger partial charge in [0.25, 0.3) is 5.91 Å². The molecule has 0 bridgehead atoms. The number of esters is 1. The van der Waals surface area contributed by atoms with Gasteiger partial charge in [0.2, 0.25) is 0 Å². The van der Waals surface area contributed by atoms with Gasteiger partial charge in [-0.1, -0.05) is 23.7 Å². The molecule has 1 amide bonds. The Kier molecular flexibility index (Phi) is 6.16. The molecule has 6 nitrogen and oxygen atoms in total. The largest absolute Gasteiger partial charge is 0.461 e. The molecule has 0 radical (unpaired) electrons. The highest BCUT2D eigenvalue weighted by Crippen LogP contribution is 2.34. The molecular weight excluding hydrogens is 459 g/mol. The number of nitrogens with zero attached hydrogens (tertiary/aromatic N) is 3. The minimum atomic E-state index is -4.66. The van der Waals surface area contributed by atoms with Gasteiger partial charge in [-0.05, 0) is 43.3 Å². The van der Waals surface area contributed by atoms with Crippen LogP contribution in [0.1, 0.15) is 44.6 Å². The maximum atomic E-state index is 13.4. The standard InChI is InChI=1S/C23H19ClF3N3O3/c1-2-33-22(32)20-17-13-29(21(31)16-5-3-4-6-18(16)23(25,26)27)12-11-19(17)30(28-20)15-9-7-14(24)8-10-15/h3-10H,2,11-13H2,1H3. The molecule has 172 valence electrons. The summed E-state index contributed by atoms with van der Waals surface area (Å²) < 4.78 is 47.0. The van der Waals surface area contributed by atoms with E-state index < -0.39 is 29.2 Å². The second-order valence-electron chi connectivity index (χ2n) is 7.40. The Morgan fingerprint density at radius 3 is 2.48 bits per heavy atom. The van der Waals surface area contributed by atoms with Gasteiger partial charge in [0.15, 0.2) is 5.69 Å². The second kappa shape index (κ2) is 8.90. The summed E-state index contributed by atoms with van der Waals surface area (Å²) in [6.45, 7) is 1.88. The molecule has 1 aliphatic heterocycles. The van der Waals surface area contributed by atoms with Crippen LogP contribution in [0.5, 0.6) is 0 Å². The van der Waals surface area contributed by atoms with Gasteiger partial charge in [-0.15, -0.1) is 0 Å². The normalized spacial score (nSPS) is 13.5. The highest BCUT2D eigenvalue weighted by Gasteiger charge is 2.37. The van der Waals surface area contributed by atoms with Crippen LogP contribution in [0.15, 0.2) is 48.5 Å². The van der Waals surface area contributed by atoms with Crippen molar-refractivity contribution >= 4 is 23.5 Å². The summed E-state index contributed by atoms with van der Waals surface area (Å²) in [5.41, 5.74) is 0.400. The number of carbonyl (C=O) groups is 2. The van der Waals surface area contributed by atoms with E-state index in [9.17, 15) is 22.8 Å². The minimum absolute atomic E-state index is 0.0309. The number of hydrogen-bond donors (Lipinski definition) is 0. The third kappa shape index (κ3) is 4.45. The van der Waals surface area contributed by atoms with Gasteiger partial charge >= 0.3 is 12.1 Å². The van der Waals surface area contributed by atoms with Crippen LogP contribution in [0, 0.1) is 0 Å². The van der Waals surface area contributed by atoms with E-state index >= 15 is 0 Å². The zero-order chi connectivity index (χ0) is 23.8. The van der Waals surface area contributed by atoms with Crippen LogP contribution < -0.4 is 0 Å². The van der Waals surface area contributed by atoms with Gasteiger partial charge in [-0.3, -0.25) is 4.79 Å². The summed E-state index contributed by atoms with van der Waals surface area (Å²) in [5, 5.41) is 4.95. The van der Waals surface area contributed by atoms with Crippen LogP contribution >= 0.6 is 11.6 Å². The average molecular weight is 478 g/mol. The molecule has 0 fully saturated rings. The van der Waals surface area contributed by atoms with Crippen LogP contribution in [0.2, 0.25) is 5.02 Å². The Labute approximate surface area is 192 Å². The van der Waals surface area contributed by atoms with Crippen LogP contribution in [-0.2, 0) is 23.9 Å². The van der Waals surface area contributed by atoms with E-state index in [1.807, 2.05) is 0 Å². The zero-order valence-electron chi connectivity index (χ0n) is 17.5. The quantitative estimate of drug-likeness (QED) is 0.500. The van der Waals surface area contributed by atoms with E-state index in [1.165, 1.54) is 17.0 Å². The molecule has 2 heterocycles.